The molecule has 0 aliphatic heterocycles. The average molecular weight is 376 g/mol. The number of hydrogen-bond donors (Lipinski definition) is 2. The molecule has 0 aliphatic carbocycles. The number of amides is 2. The summed E-state index contributed by atoms with van der Waals surface area (Å²) in [5.74, 6) is 0. The number of benzene rings is 2. The van der Waals surface area contributed by atoms with E-state index in [4.69, 9.17) is 28.9 Å². The van der Waals surface area contributed by atoms with Gasteiger partial charge in [-0.2, -0.15) is 0 Å². The summed E-state index contributed by atoms with van der Waals surface area (Å²) in [7, 11) is 0. The molecule has 2 aromatic rings. The molecule has 0 bridgehead atoms. The minimum absolute atomic E-state index is 0.549. The van der Waals surface area contributed by atoms with Gasteiger partial charge in [0.1, 0.15) is 0 Å². The lowest BCUT2D eigenvalue weighted by Crippen LogP contribution is -2.18. The molecule has 0 saturated heterocycles. The molecule has 6 heteroatoms. The second kappa shape index (κ2) is 8.15. The molecular weight excluding hydrogens is 363 g/mol. The monoisotopic (exact) mass is 374 g/mol. The third kappa shape index (κ3) is 6.28. The molecule has 2 rings (SSSR count). The van der Waals surface area contributed by atoms with Crippen LogP contribution in [0.5, 0.6) is 0 Å². The first-order valence-electron chi connectivity index (χ1n) is 5.62. The summed E-state index contributed by atoms with van der Waals surface area (Å²) in [5.41, 5.74) is 6.65. The number of nitrogens with one attached hydrogen (secondary N) is 1. The maximum absolute atomic E-state index is 10.4. The van der Waals surface area contributed by atoms with Crippen LogP contribution in [0.25, 0.3) is 0 Å². The smallest absolute Gasteiger partial charge is 0.316 e. The van der Waals surface area contributed by atoms with Gasteiger partial charge in [-0.3, -0.25) is 0 Å². The van der Waals surface area contributed by atoms with E-state index in [1.807, 2.05) is 31.2 Å². The predicted molar refractivity (Wildman–Crippen MR) is 88.5 cm³/mol. The van der Waals surface area contributed by atoms with E-state index in [1.165, 1.54) is 0 Å². The molecule has 0 aliphatic rings. The summed E-state index contributed by atoms with van der Waals surface area (Å²) >= 11 is 14.6. The Hall–Kier alpha value is -1.23. The lowest BCUT2D eigenvalue weighted by molar-refractivity contribution is 0.259. The van der Waals surface area contributed by atoms with Gasteiger partial charge in [0.05, 0.1) is 0 Å². The van der Waals surface area contributed by atoms with E-state index in [0.29, 0.717) is 10.7 Å². The van der Waals surface area contributed by atoms with Crippen molar-refractivity contribution in [2.75, 3.05) is 5.32 Å². The fourth-order valence-electron chi connectivity index (χ4n) is 1.24. The van der Waals surface area contributed by atoms with Gasteiger partial charge in [0.2, 0.25) is 0 Å². The second-order valence-corrected chi connectivity index (χ2v) is 5.65. The van der Waals surface area contributed by atoms with Crippen molar-refractivity contribution in [2.24, 2.45) is 5.73 Å². The van der Waals surface area contributed by atoms with Gasteiger partial charge in [-0.05, 0) is 48.9 Å². The molecular formula is C14H13BrCl2N2O. The Labute approximate surface area is 136 Å². The van der Waals surface area contributed by atoms with Crippen LogP contribution < -0.4 is 11.1 Å². The highest BCUT2D eigenvalue weighted by Crippen LogP contribution is 2.19. The number of halogens is 3. The SMILES string of the molecule is Cc1ccc(Cl)cc1Cl.NC(=O)Nc1ccc(Br)cc1. The standard InChI is InChI=1S/C7H7BrN2O.C7H6Cl2/c8-5-1-3-6(4-2-5)10-7(9)11;1-5-2-3-6(8)4-7(5)9/h1-4H,(H3,9,10,11);2-4H,1H3. The van der Waals surface area contributed by atoms with Gasteiger partial charge in [0.25, 0.3) is 0 Å². The molecule has 0 unspecified atom stereocenters. The minimum atomic E-state index is -0.549. The van der Waals surface area contributed by atoms with E-state index in [1.54, 1.807) is 18.2 Å². The predicted octanol–water partition coefficient (Wildman–Crippen LogP) is 5.24. The zero-order valence-electron chi connectivity index (χ0n) is 10.7. The third-order valence-corrected chi connectivity index (χ3v) is 3.42. The molecule has 2 amide bonds. The fraction of sp³-hybridized carbons (Fsp3) is 0.0714. The molecule has 0 heterocycles. The van der Waals surface area contributed by atoms with E-state index < -0.39 is 6.03 Å². The van der Waals surface area contributed by atoms with E-state index in [-0.39, 0.29) is 0 Å². The Kier molecular flexibility index (Phi) is 6.85. The van der Waals surface area contributed by atoms with Crippen LogP contribution in [-0.4, -0.2) is 6.03 Å². The van der Waals surface area contributed by atoms with Crippen molar-refractivity contribution >= 4 is 50.9 Å². The summed E-state index contributed by atoms with van der Waals surface area (Å²) in [6, 6.07) is 12.1. The molecule has 20 heavy (non-hydrogen) atoms. The van der Waals surface area contributed by atoms with Gasteiger partial charge < -0.3 is 11.1 Å². The zero-order valence-corrected chi connectivity index (χ0v) is 13.8. The summed E-state index contributed by atoms with van der Waals surface area (Å²) in [5, 5.41) is 3.86. The quantitative estimate of drug-likeness (QED) is 0.703. The lowest BCUT2D eigenvalue weighted by atomic mass is 10.2. The van der Waals surface area contributed by atoms with Crippen LogP contribution >= 0.6 is 39.1 Å². The van der Waals surface area contributed by atoms with Crippen LogP contribution in [0.3, 0.4) is 0 Å². The number of anilines is 1. The van der Waals surface area contributed by atoms with Crippen molar-refractivity contribution in [1.82, 2.24) is 0 Å². The van der Waals surface area contributed by atoms with Crippen molar-refractivity contribution in [3.8, 4) is 0 Å². The summed E-state index contributed by atoms with van der Waals surface area (Å²) in [6.45, 7) is 1.94. The first kappa shape index (κ1) is 16.8. The van der Waals surface area contributed by atoms with Crippen molar-refractivity contribution in [2.45, 2.75) is 6.92 Å². The Morgan fingerprint density at radius 2 is 1.75 bits per heavy atom. The number of carbonyl (C=O) groups excluding carboxylic acids is 1. The van der Waals surface area contributed by atoms with Gasteiger partial charge in [-0.25, -0.2) is 4.79 Å². The van der Waals surface area contributed by atoms with Crippen molar-refractivity contribution in [3.63, 3.8) is 0 Å². The van der Waals surface area contributed by atoms with Gasteiger partial charge in [0.15, 0.2) is 0 Å². The summed E-state index contributed by atoms with van der Waals surface area (Å²) in [4.78, 5) is 10.4. The van der Waals surface area contributed by atoms with Crippen LogP contribution in [0, 0.1) is 6.92 Å². The van der Waals surface area contributed by atoms with E-state index in [0.717, 1.165) is 15.1 Å². The van der Waals surface area contributed by atoms with Gasteiger partial charge in [0, 0.05) is 20.2 Å². The Morgan fingerprint density at radius 1 is 1.15 bits per heavy atom. The Balaban J connectivity index is 0.000000204. The first-order chi connectivity index (χ1) is 9.38. The number of hydrogen-bond acceptors (Lipinski definition) is 1. The maximum atomic E-state index is 10.4. The Bertz CT molecular complexity index is 588. The molecule has 2 aromatic carbocycles. The molecule has 3 N–H and O–H groups in total. The number of primary amides is 1. The first-order valence-corrected chi connectivity index (χ1v) is 7.17. The second-order valence-electron chi connectivity index (χ2n) is 3.89. The van der Waals surface area contributed by atoms with Crippen LogP contribution in [0.1, 0.15) is 5.56 Å². The van der Waals surface area contributed by atoms with Crippen LogP contribution in [0.15, 0.2) is 46.9 Å². The normalized spacial score (nSPS) is 9.40. The van der Waals surface area contributed by atoms with Gasteiger partial charge >= 0.3 is 6.03 Å². The number of aryl methyl sites for hydroxylation is 1. The number of carbonyl (C=O) groups is 1. The molecule has 0 aromatic heterocycles. The fourth-order valence-corrected chi connectivity index (χ4v) is 1.92. The Morgan fingerprint density at radius 3 is 2.20 bits per heavy atom. The van der Waals surface area contributed by atoms with E-state index in [9.17, 15) is 4.79 Å². The molecule has 0 spiro atoms. The molecule has 0 saturated carbocycles. The largest absolute Gasteiger partial charge is 0.351 e. The lowest BCUT2D eigenvalue weighted by Gasteiger charge is -1.99. The van der Waals surface area contributed by atoms with Crippen molar-refractivity contribution in [1.29, 1.82) is 0 Å². The molecule has 0 radical (unpaired) electrons. The zero-order chi connectivity index (χ0) is 15.1. The van der Waals surface area contributed by atoms with Gasteiger partial charge in [-0.15, -0.1) is 0 Å². The molecule has 0 atom stereocenters. The van der Waals surface area contributed by atoms with E-state index in [2.05, 4.69) is 21.2 Å². The van der Waals surface area contributed by atoms with Crippen molar-refractivity contribution < 1.29 is 4.79 Å². The molecule has 0 fully saturated rings. The summed E-state index contributed by atoms with van der Waals surface area (Å²) in [6.07, 6.45) is 0. The van der Waals surface area contributed by atoms with Crippen LogP contribution in [-0.2, 0) is 0 Å². The number of rotatable bonds is 1. The van der Waals surface area contributed by atoms with Gasteiger partial charge in [-0.1, -0.05) is 45.2 Å². The average Bonchev–Trinajstić information content (AvgIpc) is 2.37. The number of urea groups is 1. The van der Waals surface area contributed by atoms with Crippen LogP contribution in [0.4, 0.5) is 10.5 Å². The maximum Gasteiger partial charge on any atom is 0.316 e. The van der Waals surface area contributed by atoms with Crippen molar-refractivity contribution in [3.05, 3.63) is 62.5 Å². The topological polar surface area (TPSA) is 55.1 Å². The van der Waals surface area contributed by atoms with Crippen LogP contribution in [0.2, 0.25) is 10.0 Å². The minimum Gasteiger partial charge on any atom is -0.351 e. The highest BCUT2D eigenvalue weighted by molar-refractivity contribution is 9.10. The third-order valence-electron chi connectivity index (χ3n) is 2.25. The summed E-state index contributed by atoms with van der Waals surface area (Å²) < 4.78 is 0.965. The highest BCUT2D eigenvalue weighted by Gasteiger charge is 1.94. The molecule has 3 nitrogen and oxygen atoms in total. The highest BCUT2D eigenvalue weighted by atomic mass is 79.9. The number of nitrogens with two attached hydrogens (primary N) is 1. The molecule has 106 valence electrons. The van der Waals surface area contributed by atoms with E-state index >= 15 is 0 Å².